The number of amides is 1. The number of carbonyl (C=O) groups is 1. The molecule has 1 aromatic carbocycles. The number of aromatic nitrogens is 1. The Kier molecular flexibility index (Phi) is 4.95. The minimum Gasteiger partial charge on any atom is -0.395 e. The maximum Gasteiger partial charge on any atom is 0.276 e. The lowest BCUT2D eigenvalue weighted by Gasteiger charge is -2.33. The molecule has 7 heteroatoms. The lowest BCUT2D eigenvalue weighted by atomic mass is 10.1. The molecule has 2 aromatic rings. The summed E-state index contributed by atoms with van der Waals surface area (Å²) in [7, 11) is 0. The summed E-state index contributed by atoms with van der Waals surface area (Å²) in [5.41, 5.74) is 1.09. The Morgan fingerprint density at radius 1 is 1.26 bits per heavy atom. The second kappa shape index (κ2) is 7.12. The first kappa shape index (κ1) is 16.0. The van der Waals surface area contributed by atoms with E-state index in [4.69, 9.17) is 21.2 Å². The van der Waals surface area contributed by atoms with Gasteiger partial charge in [-0.3, -0.25) is 9.69 Å². The molecule has 1 fully saturated rings. The number of aliphatic hydroxyl groups is 1. The molecule has 0 unspecified atom stereocenters. The van der Waals surface area contributed by atoms with Crippen molar-refractivity contribution in [3.63, 3.8) is 0 Å². The van der Waals surface area contributed by atoms with Crippen molar-refractivity contribution in [2.45, 2.75) is 0 Å². The highest BCUT2D eigenvalue weighted by atomic mass is 35.5. The SMILES string of the molecule is O=C(c1cc(-c2cccc(Cl)c2)on1)N1CCN(CCO)CC1. The Balaban J connectivity index is 1.67. The van der Waals surface area contributed by atoms with E-state index in [1.165, 1.54) is 0 Å². The molecule has 1 aliphatic rings. The lowest BCUT2D eigenvalue weighted by Crippen LogP contribution is -2.49. The molecule has 0 radical (unpaired) electrons. The molecule has 2 heterocycles. The van der Waals surface area contributed by atoms with Crippen LogP contribution in [0, 0.1) is 0 Å². The number of hydrogen-bond donors (Lipinski definition) is 1. The summed E-state index contributed by atoms with van der Waals surface area (Å²) in [6.45, 7) is 3.54. The van der Waals surface area contributed by atoms with Crippen LogP contribution in [0.2, 0.25) is 5.02 Å². The van der Waals surface area contributed by atoms with Gasteiger partial charge in [-0.25, -0.2) is 0 Å². The Hall–Kier alpha value is -1.89. The number of nitrogens with zero attached hydrogens (tertiary/aromatic N) is 3. The number of aliphatic hydroxyl groups excluding tert-OH is 1. The van der Waals surface area contributed by atoms with Crippen LogP contribution in [0.3, 0.4) is 0 Å². The van der Waals surface area contributed by atoms with Crippen LogP contribution < -0.4 is 0 Å². The van der Waals surface area contributed by atoms with Crippen LogP contribution in [-0.2, 0) is 0 Å². The number of halogens is 1. The summed E-state index contributed by atoms with van der Waals surface area (Å²) >= 11 is 5.97. The largest absolute Gasteiger partial charge is 0.395 e. The highest BCUT2D eigenvalue weighted by molar-refractivity contribution is 6.30. The monoisotopic (exact) mass is 335 g/mol. The second-order valence-electron chi connectivity index (χ2n) is 5.44. The molecule has 1 saturated heterocycles. The molecule has 23 heavy (non-hydrogen) atoms. The van der Waals surface area contributed by atoms with Crippen LogP contribution in [0.25, 0.3) is 11.3 Å². The van der Waals surface area contributed by atoms with Gasteiger partial charge in [0, 0.05) is 49.4 Å². The normalized spacial score (nSPS) is 15.8. The van der Waals surface area contributed by atoms with Crippen molar-refractivity contribution in [2.24, 2.45) is 0 Å². The first-order valence-corrected chi connectivity index (χ1v) is 7.90. The van der Waals surface area contributed by atoms with Crippen molar-refractivity contribution in [3.8, 4) is 11.3 Å². The van der Waals surface area contributed by atoms with Crippen LogP contribution in [0.5, 0.6) is 0 Å². The van der Waals surface area contributed by atoms with Crippen LogP contribution in [0.15, 0.2) is 34.9 Å². The summed E-state index contributed by atoms with van der Waals surface area (Å²) < 4.78 is 5.28. The van der Waals surface area contributed by atoms with Gasteiger partial charge in [0.05, 0.1) is 6.61 Å². The fourth-order valence-electron chi connectivity index (χ4n) is 2.63. The number of carbonyl (C=O) groups excluding carboxylic acids is 1. The zero-order valence-corrected chi connectivity index (χ0v) is 13.4. The first-order valence-electron chi connectivity index (χ1n) is 7.52. The van der Waals surface area contributed by atoms with Gasteiger partial charge in [-0.1, -0.05) is 28.9 Å². The van der Waals surface area contributed by atoms with E-state index in [-0.39, 0.29) is 12.5 Å². The second-order valence-corrected chi connectivity index (χ2v) is 5.88. The first-order chi connectivity index (χ1) is 11.2. The summed E-state index contributed by atoms with van der Waals surface area (Å²) in [6.07, 6.45) is 0. The van der Waals surface area contributed by atoms with Gasteiger partial charge >= 0.3 is 0 Å². The van der Waals surface area contributed by atoms with Gasteiger partial charge in [-0.15, -0.1) is 0 Å². The van der Waals surface area contributed by atoms with Gasteiger partial charge in [0.25, 0.3) is 5.91 Å². The molecule has 0 atom stereocenters. The van der Waals surface area contributed by atoms with Gasteiger partial charge in [-0.2, -0.15) is 0 Å². The maximum absolute atomic E-state index is 12.5. The van der Waals surface area contributed by atoms with E-state index in [9.17, 15) is 4.79 Å². The molecule has 1 aliphatic heterocycles. The third-order valence-electron chi connectivity index (χ3n) is 3.91. The number of benzene rings is 1. The van der Waals surface area contributed by atoms with Gasteiger partial charge < -0.3 is 14.5 Å². The molecule has 1 N–H and O–H groups in total. The molecular weight excluding hydrogens is 318 g/mol. The number of piperazine rings is 1. The standard InChI is InChI=1S/C16H18ClN3O3/c17-13-3-1-2-12(10-13)15-11-14(18-23-15)16(22)20-6-4-19(5-7-20)8-9-21/h1-3,10-11,21H,4-9H2. The van der Waals surface area contributed by atoms with Crippen LogP contribution in [0.1, 0.15) is 10.5 Å². The van der Waals surface area contributed by atoms with E-state index in [1.807, 2.05) is 12.1 Å². The predicted octanol–water partition coefficient (Wildman–Crippen LogP) is 1.75. The number of hydrogen-bond acceptors (Lipinski definition) is 5. The van der Waals surface area contributed by atoms with E-state index in [0.29, 0.717) is 36.1 Å². The van der Waals surface area contributed by atoms with Crippen molar-refractivity contribution in [3.05, 3.63) is 41.0 Å². The minimum atomic E-state index is -0.134. The molecule has 0 spiro atoms. The molecule has 0 saturated carbocycles. The average Bonchev–Trinajstić information content (AvgIpc) is 3.05. The molecule has 122 valence electrons. The summed E-state index contributed by atoms with van der Waals surface area (Å²) in [5, 5.41) is 13.4. The van der Waals surface area contributed by atoms with Crippen LogP contribution >= 0.6 is 11.6 Å². The number of rotatable bonds is 4. The van der Waals surface area contributed by atoms with Crippen molar-refractivity contribution in [1.29, 1.82) is 0 Å². The zero-order chi connectivity index (χ0) is 16.2. The zero-order valence-electron chi connectivity index (χ0n) is 12.6. The average molecular weight is 336 g/mol. The topological polar surface area (TPSA) is 69.8 Å². The van der Waals surface area contributed by atoms with Crippen LogP contribution in [-0.4, -0.2) is 65.3 Å². The molecule has 1 amide bonds. The molecule has 0 bridgehead atoms. The summed E-state index contributed by atoms with van der Waals surface area (Å²) in [5.74, 6) is 0.389. The maximum atomic E-state index is 12.5. The predicted molar refractivity (Wildman–Crippen MR) is 86.4 cm³/mol. The third-order valence-corrected chi connectivity index (χ3v) is 4.15. The van der Waals surface area contributed by atoms with E-state index in [1.54, 1.807) is 23.1 Å². The quantitative estimate of drug-likeness (QED) is 0.921. The Morgan fingerprint density at radius 2 is 2.04 bits per heavy atom. The van der Waals surface area contributed by atoms with E-state index < -0.39 is 0 Å². The highest BCUT2D eigenvalue weighted by Gasteiger charge is 2.24. The molecule has 3 rings (SSSR count). The van der Waals surface area contributed by atoms with Crippen molar-refractivity contribution in [1.82, 2.24) is 15.0 Å². The van der Waals surface area contributed by atoms with Crippen LogP contribution in [0.4, 0.5) is 0 Å². The van der Waals surface area contributed by atoms with Gasteiger partial charge in [0.15, 0.2) is 11.5 Å². The number of β-amino-alcohol motifs (C(OH)–C–C–N with tert-alkyl or cyclic N) is 1. The van der Waals surface area contributed by atoms with E-state index >= 15 is 0 Å². The Labute approximate surface area is 139 Å². The summed E-state index contributed by atoms with van der Waals surface area (Å²) in [6, 6.07) is 8.87. The Bertz CT molecular complexity index is 681. The van der Waals surface area contributed by atoms with Gasteiger partial charge in [0.1, 0.15) is 0 Å². The molecule has 0 aliphatic carbocycles. The molecule has 6 nitrogen and oxygen atoms in total. The lowest BCUT2D eigenvalue weighted by molar-refractivity contribution is 0.0605. The van der Waals surface area contributed by atoms with E-state index in [0.717, 1.165) is 18.7 Å². The Morgan fingerprint density at radius 3 is 2.74 bits per heavy atom. The fraction of sp³-hybridized carbons (Fsp3) is 0.375. The molecular formula is C16H18ClN3O3. The smallest absolute Gasteiger partial charge is 0.276 e. The minimum absolute atomic E-state index is 0.134. The van der Waals surface area contributed by atoms with Gasteiger partial charge in [-0.05, 0) is 12.1 Å². The van der Waals surface area contributed by atoms with Crippen molar-refractivity contribution < 1.29 is 14.4 Å². The highest BCUT2D eigenvalue weighted by Crippen LogP contribution is 2.24. The summed E-state index contributed by atoms with van der Waals surface area (Å²) in [4.78, 5) is 16.4. The third kappa shape index (κ3) is 3.72. The fourth-order valence-corrected chi connectivity index (χ4v) is 2.82. The van der Waals surface area contributed by atoms with Gasteiger partial charge in [0.2, 0.25) is 0 Å². The molecule has 1 aromatic heterocycles. The van der Waals surface area contributed by atoms with Crippen molar-refractivity contribution >= 4 is 17.5 Å². The van der Waals surface area contributed by atoms with E-state index in [2.05, 4.69) is 10.1 Å². The van der Waals surface area contributed by atoms with Crippen molar-refractivity contribution in [2.75, 3.05) is 39.3 Å².